The van der Waals surface area contributed by atoms with E-state index in [1.54, 1.807) is 18.2 Å². The molecule has 0 spiro atoms. The lowest BCUT2D eigenvalue weighted by atomic mass is 10.1. The van der Waals surface area contributed by atoms with E-state index in [2.05, 4.69) is 9.97 Å². The maximum absolute atomic E-state index is 11.0. The number of nitro groups is 1. The average molecular weight is 406 g/mol. The Hall–Kier alpha value is -1.32. The van der Waals surface area contributed by atoms with Crippen LogP contribution in [0.4, 0.5) is 5.69 Å². The molecule has 0 amide bonds. The predicted octanol–water partition coefficient (Wildman–Crippen LogP) is 3.46. The molecule has 1 aromatic carbocycles. The maximum atomic E-state index is 11.0. The normalized spacial score (nSPS) is 10.6. The van der Waals surface area contributed by atoms with Gasteiger partial charge in [0.2, 0.25) is 0 Å². The molecular weight excluding hydrogens is 397 g/mol. The summed E-state index contributed by atoms with van der Waals surface area (Å²) in [6.45, 7) is 0.258. The van der Waals surface area contributed by atoms with E-state index in [9.17, 15) is 10.1 Å². The molecule has 2 rings (SSSR count). The van der Waals surface area contributed by atoms with Gasteiger partial charge in [0, 0.05) is 13.2 Å². The van der Waals surface area contributed by atoms with Crippen LogP contribution >= 0.6 is 34.2 Å². The second kappa shape index (κ2) is 6.42. The average Bonchev–Trinajstić information content (AvgIpc) is 2.43. The highest BCUT2D eigenvalue weighted by Gasteiger charge is 2.19. The summed E-state index contributed by atoms with van der Waals surface area (Å²) in [4.78, 5) is 19.0. The molecule has 2 aromatic rings. The minimum Gasteiger partial charge on any atom is -0.378 e. The van der Waals surface area contributed by atoms with Crippen molar-refractivity contribution in [1.82, 2.24) is 9.97 Å². The van der Waals surface area contributed by atoms with E-state index < -0.39 is 4.92 Å². The minimum atomic E-state index is -0.472. The summed E-state index contributed by atoms with van der Waals surface area (Å²) < 4.78 is 5.72. The number of nitrogens with zero attached hydrogens (tertiary/aromatic N) is 3. The Bertz CT molecular complexity index is 666. The number of ether oxygens (including phenoxy) is 1. The molecule has 1 heterocycles. The largest absolute Gasteiger partial charge is 0.378 e. The molecule has 0 N–H and O–H groups in total. The van der Waals surface area contributed by atoms with Crippen LogP contribution in [0.3, 0.4) is 0 Å². The molecular formula is C12H9ClIN3O3. The Labute approximate surface area is 133 Å². The van der Waals surface area contributed by atoms with Gasteiger partial charge in [0.25, 0.3) is 5.69 Å². The van der Waals surface area contributed by atoms with E-state index in [1.165, 1.54) is 13.2 Å². The molecule has 0 saturated heterocycles. The predicted molar refractivity (Wildman–Crippen MR) is 82.6 cm³/mol. The first kappa shape index (κ1) is 15.1. The molecule has 0 radical (unpaired) electrons. The van der Waals surface area contributed by atoms with Crippen molar-refractivity contribution in [3.8, 4) is 11.4 Å². The summed E-state index contributed by atoms with van der Waals surface area (Å²) in [5.41, 5.74) is 0.863. The van der Waals surface area contributed by atoms with Crippen LogP contribution in [0, 0.1) is 13.7 Å². The second-order valence-electron chi connectivity index (χ2n) is 3.81. The lowest BCUT2D eigenvalue weighted by Gasteiger charge is -2.08. The van der Waals surface area contributed by atoms with E-state index in [0.29, 0.717) is 14.8 Å². The highest BCUT2D eigenvalue weighted by atomic mass is 127. The van der Waals surface area contributed by atoms with E-state index in [0.717, 1.165) is 0 Å². The van der Waals surface area contributed by atoms with Crippen molar-refractivity contribution in [2.45, 2.75) is 6.61 Å². The number of hydrogen-bond acceptors (Lipinski definition) is 5. The van der Waals surface area contributed by atoms with Gasteiger partial charge in [0.05, 0.1) is 26.4 Å². The lowest BCUT2D eigenvalue weighted by molar-refractivity contribution is -0.384. The number of benzene rings is 1. The van der Waals surface area contributed by atoms with Crippen molar-refractivity contribution in [1.29, 1.82) is 0 Å². The Morgan fingerprint density at radius 2 is 2.10 bits per heavy atom. The summed E-state index contributed by atoms with van der Waals surface area (Å²) >= 11 is 8.07. The Kier molecular flexibility index (Phi) is 4.84. The van der Waals surface area contributed by atoms with Crippen molar-refractivity contribution >= 4 is 39.9 Å². The van der Waals surface area contributed by atoms with E-state index in [-0.39, 0.29) is 23.3 Å². The lowest BCUT2D eigenvalue weighted by Crippen LogP contribution is -2.03. The molecule has 8 heteroatoms. The SMILES string of the molecule is COCc1nc(-c2ccccc2[N+](=O)[O-])nc(Cl)c1I. The molecule has 20 heavy (non-hydrogen) atoms. The molecule has 0 bridgehead atoms. The van der Waals surface area contributed by atoms with Crippen molar-refractivity contribution in [3.05, 3.63) is 48.8 Å². The molecule has 0 saturated carbocycles. The summed E-state index contributed by atoms with van der Waals surface area (Å²) in [7, 11) is 1.54. The van der Waals surface area contributed by atoms with Gasteiger partial charge in [-0.2, -0.15) is 0 Å². The molecule has 0 aliphatic heterocycles. The fourth-order valence-electron chi connectivity index (χ4n) is 1.64. The summed E-state index contributed by atoms with van der Waals surface area (Å²) in [5.74, 6) is 0.217. The summed E-state index contributed by atoms with van der Waals surface area (Å²) in [6.07, 6.45) is 0. The minimum absolute atomic E-state index is 0.0619. The zero-order valence-electron chi connectivity index (χ0n) is 10.3. The number of methoxy groups -OCH3 is 1. The zero-order chi connectivity index (χ0) is 14.7. The number of para-hydroxylation sites is 1. The first-order valence-corrected chi connectivity index (χ1v) is 6.95. The summed E-state index contributed by atoms with van der Waals surface area (Å²) in [6, 6.07) is 6.27. The van der Waals surface area contributed by atoms with E-state index in [1.807, 2.05) is 22.6 Å². The van der Waals surface area contributed by atoms with Crippen LogP contribution in [0.5, 0.6) is 0 Å². The van der Waals surface area contributed by atoms with Crippen LogP contribution in [-0.2, 0) is 11.3 Å². The van der Waals surface area contributed by atoms with Crippen LogP contribution in [0.1, 0.15) is 5.69 Å². The maximum Gasteiger partial charge on any atom is 0.280 e. The Morgan fingerprint density at radius 1 is 1.40 bits per heavy atom. The first-order valence-electron chi connectivity index (χ1n) is 5.49. The van der Waals surface area contributed by atoms with Crippen LogP contribution in [0.25, 0.3) is 11.4 Å². The van der Waals surface area contributed by atoms with Crippen molar-refractivity contribution < 1.29 is 9.66 Å². The van der Waals surface area contributed by atoms with Gasteiger partial charge in [0.1, 0.15) is 5.15 Å². The number of rotatable bonds is 4. The third-order valence-electron chi connectivity index (χ3n) is 2.50. The quantitative estimate of drug-likeness (QED) is 0.337. The molecule has 104 valence electrons. The monoisotopic (exact) mass is 405 g/mol. The van der Waals surface area contributed by atoms with Crippen LogP contribution in [0.2, 0.25) is 5.15 Å². The van der Waals surface area contributed by atoms with Crippen LogP contribution in [-0.4, -0.2) is 22.0 Å². The second-order valence-corrected chi connectivity index (χ2v) is 5.24. The highest BCUT2D eigenvalue weighted by Crippen LogP contribution is 2.30. The smallest absolute Gasteiger partial charge is 0.280 e. The fourth-order valence-corrected chi connectivity index (χ4v) is 2.22. The molecule has 0 aliphatic rings. The van der Waals surface area contributed by atoms with Gasteiger partial charge in [-0.3, -0.25) is 10.1 Å². The number of nitro benzene ring substituents is 1. The van der Waals surface area contributed by atoms with Crippen molar-refractivity contribution in [2.24, 2.45) is 0 Å². The van der Waals surface area contributed by atoms with Crippen LogP contribution in [0.15, 0.2) is 24.3 Å². The molecule has 0 atom stereocenters. The number of hydrogen-bond donors (Lipinski definition) is 0. The standard InChI is InChI=1S/C12H9ClIN3O3/c1-20-6-8-10(14)11(13)16-12(15-8)7-4-2-3-5-9(7)17(18)19/h2-5H,6H2,1H3. The fraction of sp³-hybridized carbons (Fsp3) is 0.167. The van der Waals surface area contributed by atoms with Gasteiger partial charge in [-0.1, -0.05) is 23.7 Å². The molecule has 0 unspecified atom stereocenters. The Morgan fingerprint density at radius 3 is 2.75 bits per heavy atom. The van der Waals surface area contributed by atoms with Gasteiger partial charge in [-0.15, -0.1) is 0 Å². The number of aromatic nitrogens is 2. The number of halogens is 2. The van der Waals surface area contributed by atoms with Gasteiger partial charge >= 0.3 is 0 Å². The third kappa shape index (κ3) is 3.05. The van der Waals surface area contributed by atoms with Crippen LogP contribution < -0.4 is 0 Å². The van der Waals surface area contributed by atoms with Gasteiger partial charge in [-0.25, -0.2) is 9.97 Å². The zero-order valence-corrected chi connectivity index (χ0v) is 13.3. The van der Waals surface area contributed by atoms with Crippen molar-refractivity contribution in [3.63, 3.8) is 0 Å². The van der Waals surface area contributed by atoms with Crippen molar-refractivity contribution in [2.75, 3.05) is 7.11 Å². The molecule has 0 aliphatic carbocycles. The topological polar surface area (TPSA) is 78.2 Å². The van der Waals surface area contributed by atoms with E-state index in [4.69, 9.17) is 16.3 Å². The molecule has 0 fully saturated rings. The highest BCUT2D eigenvalue weighted by molar-refractivity contribution is 14.1. The van der Waals surface area contributed by atoms with Gasteiger partial charge in [0.15, 0.2) is 5.82 Å². The van der Waals surface area contributed by atoms with Gasteiger partial charge < -0.3 is 4.74 Å². The molecule has 6 nitrogen and oxygen atoms in total. The molecule has 1 aromatic heterocycles. The Balaban J connectivity index is 2.61. The summed E-state index contributed by atoms with van der Waals surface area (Å²) in [5, 5.41) is 11.3. The first-order chi connectivity index (χ1) is 9.54. The van der Waals surface area contributed by atoms with E-state index >= 15 is 0 Å². The third-order valence-corrected chi connectivity index (χ3v) is 4.23. The van der Waals surface area contributed by atoms with Gasteiger partial charge in [-0.05, 0) is 28.7 Å².